The van der Waals surface area contributed by atoms with Gasteiger partial charge in [0, 0.05) is 42.8 Å². The molecule has 0 N–H and O–H groups in total. The van der Waals surface area contributed by atoms with E-state index in [1.165, 1.54) is 10.1 Å². The van der Waals surface area contributed by atoms with Crippen LogP contribution >= 0.6 is 11.3 Å². The third-order valence-electron chi connectivity index (χ3n) is 8.85. The van der Waals surface area contributed by atoms with Gasteiger partial charge in [0.25, 0.3) is 0 Å². The maximum absolute atomic E-state index is 6.54. The Hall–Kier alpha value is -5.78. The van der Waals surface area contributed by atoms with Gasteiger partial charge in [-0.3, -0.25) is 0 Å². The van der Waals surface area contributed by atoms with Gasteiger partial charge in [-0.15, -0.1) is 11.3 Å². The van der Waals surface area contributed by atoms with Crippen molar-refractivity contribution in [2.75, 3.05) is 0 Å². The summed E-state index contributed by atoms with van der Waals surface area (Å²) in [6, 6.07) is 48.7. The number of benzene rings is 6. The minimum atomic E-state index is 0.708. The second-order valence-electron chi connectivity index (χ2n) is 11.3. The number of rotatable bonds is 3. The van der Waals surface area contributed by atoms with Crippen molar-refractivity contribution in [1.29, 1.82) is 0 Å². The minimum absolute atomic E-state index is 0.708. The van der Waals surface area contributed by atoms with E-state index >= 15 is 0 Å². The predicted molar refractivity (Wildman–Crippen MR) is 187 cm³/mol. The van der Waals surface area contributed by atoms with E-state index in [1.54, 1.807) is 11.3 Å². The molecule has 10 rings (SSSR count). The zero-order valence-corrected chi connectivity index (χ0v) is 24.8. The summed E-state index contributed by atoms with van der Waals surface area (Å²) in [4.78, 5) is 11.6. The summed E-state index contributed by atoms with van der Waals surface area (Å²) in [5.41, 5.74) is 8.04. The SMILES string of the molecule is c1ccc(-c2nc(-c3ccccc3-n3c4ccccc4c4c5oc6ccccc6c5ccc43)nc3sc4ccccc4c23)cc1. The number of para-hydroxylation sites is 3. The molecule has 0 fully saturated rings. The minimum Gasteiger partial charge on any atom is -0.455 e. The van der Waals surface area contributed by atoms with E-state index in [2.05, 4.69) is 126 Å². The Kier molecular flexibility index (Phi) is 5.12. The van der Waals surface area contributed by atoms with Gasteiger partial charge in [0.1, 0.15) is 16.0 Å². The van der Waals surface area contributed by atoms with E-state index in [9.17, 15) is 0 Å². The van der Waals surface area contributed by atoms with Crippen molar-refractivity contribution in [1.82, 2.24) is 14.5 Å². The lowest BCUT2D eigenvalue weighted by Crippen LogP contribution is -2.00. The van der Waals surface area contributed by atoms with Gasteiger partial charge < -0.3 is 8.98 Å². The lowest BCUT2D eigenvalue weighted by Gasteiger charge is -2.14. The summed E-state index contributed by atoms with van der Waals surface area (Å²) in [6.45, 7) is 0. The number of hydrogen-bond donors (Lipinski definition) is 0. The van der Waals surface area contributed by atoms with Crippen molar-refractivity contribution in [3.8, 4) is 28.3 Å². The standard InChI is InChI=1S/C40H23N3OS/c1-2-12-24(13-3-1)37-36-29-17-7-11-21-34(29)45-40(36)42-39(41-37)28-16-5-9-19-31(28)43-30-18-8-4-15-27(30)35-32(43)23-22-26-25-14-6-10-20-33(25)44-38(26)35/h1-23H. The first-order chi connectivity index (χ1) is 22.3. The molecule has 0 atom stereocenters. The van der Waals surface area contributed by atoms with E-state index in [0.717, 1.165) is 76.5 Å². The third kappa shape index (κ3) is 3.53. The van der Waals surface area contributed by atoms with Gasteiger partial charge in [-0.25, -0.2) is 9.97 Å². The molecule has 4 aromatic heterocycles. The maximum Gasteiger partial charge on any atom is 0.163 e. The fraction of sp³-hybridized carbons (Fsp3) is 0. The lowest BCUT2D eigenvalue weighted by molar-refractivity contribution is 0.673. The molecule has 0 aliphatic carbocycles. The van der Waals surface area contributed by atoms with Crippen LogP contribution in [0.3, 0.4) is 0 Å². The Morgan fingerprint density at radius 1 is 0.533 bits per heavy atom. The monoisotopic (exact) mass is 593 g/mol. The molecule has 4 heterocycles. The number of thiophene rings is 1. The molecular formula is C40H23N3OS. The third-order valence-corrected chi connectivity index (χ3v) is 9.92. The van der Waals surface area contributed by atoms with Crippen LogP contribution in [0.15, 0.2) is 144 Å². The molecule has 0 amide bonds. The highest BCUT2D eigenvalue weighted by Crippen LogP contribution is 2.43. The summed E-state index contributed by atoms with van der Waals surface area (Å²) in [6.07, 6.45) is 0. The second-order valence-corrected chi connectivity index (χ2v) is 12.4. The summed E-state index contributed by atoms with van der Waals surface area (Å²) >= 11 is 1.72. The average Bonchev–Trinajstić information content (AvgIpc) is 3.77. The number of aromatic nitrogens is 3. The Morgan fingerprint density at radius 2 is 1.27 bits per heavy atom. The van der Waals surface area contributed by atoms with Crippen LogP contribution in [0.4, 0.5) is 0 Å². The van der Waals surface area contributed by atoms with Crippen LogP contribution in [0, 0.1) is 0 Å². The summed E-state index contributed by atoms with van der Waals surface area (Å²) in [7, 11) is 0. The second kappa shape index (κ2) is 9.36. The van der Waals surface area contributed by atoms with Crippen LogP contribution in [-0.2, 0) is 0 Å². The van der Waals surface area contributed by atoms with E-state index in [0.29, 0.717) is 5.82 Å². The first-order valence-electron chi connectivity index (χ1n) is 15.0. The van der Waals surface area contributed by atoms with Gasteiger partial charge in [-0.2, -0.15) is 0 Å². The molecule has 210 valence electrons. The van der Waals surface area contributed by atoms with E-state index in [-0.39, 0.29) is 0 Å². The van der Waals surface area contributed by atoms with Crippen molar-refractivity contribution in [3.63, 3.8) is 0 Å². The summed E-state index contributed by atoms with van der Waals surface area (Å²) in [5, 5.41) is 6.81. The van der Waals surface area contributed by atoms with Gasteiger partial charge in [0.2, 0.25) is 0 Å². The molecule has 0 aliphatic rings. The van der Waals surface area contributed by atoms with Gasteiger partial charge in [0.15, 0.2) is 5.82 Å². The summed E-state index contributed by atoms with van der Waals surface area (Å²) < 4.78 is 10.1. The number of nitrogens with zero attached hydrogens (tertiary/aromatic N) is 3. The zero-order chi connectivity index (χ0) is 29.5. The topological polar surface area (TPSA) is 43.9 Å². The Bertz CT molecular complexity index is 2770. The van der Waals surface area contributed by atoms with Crippen LogP contribution in [0.25, 0.3) is 92.4 Å². The van der Waals surface area contributed by atoms with E-state index < -0.39 is 0 Å². The summed E-state index contributed by atoms with van der Waals surface area (Å²) in [5.74, 6) is 0.708. The molecule has 0 saturated heterocycles. The zero-order valence-electron chi connectivity index (χ0n) is 23.9. The predicted octanol–water partition coefficient (Wildman–Crippen LogP) is 11.2. The molecule has 45 heavy (non-hydrogen) atoms. The largest absolute Gasteiger partial charge is 0.455 e. The molecule has 0 saturated carbocycles. The lowest BCUT2D eigenvalue weighted by atomic mass is 10.1. The molecule has 5 heteroatoms. The fourth-order valence-corrected chi connectivity index (χ4v) is 7.98. The number of hydrogen-bond acceptors (Lipinski definition) is 4. The molecule has 0 radical (unpaired) electrons. The molecule has 10 aromatic rings. The quantitative estimate of drug-likeness (QED) is 0.205. The number of fused-ring (bicyclic) bond motifs is 10. The van der Waals surface area contributed by atoms with Crippen molar-refractivity contribution in [2.24, 2.45) is 0 Å². The first kappa shape index (κ1) is 24.6. The molecule has 6 aromatic carbocycles. The highest BCUT2D eigenvalue weighted by atomic mass is 32.1. The Labute approximate surface area is 261 Å². The van der Waals surface area contributed by atoms with Crippen molar-refractivity contribution in [3.05, 3.63) is 140 Å². The maximum atomic E-state index is 6.54. The van der Waals surface area contributed by atoms with Crippen LogP contribution < -0.4 is 0 Å². The van der Waals surface area contributed by atoms with Crippen LogP contribution in [-0.4, -0.2) is 14.5 Å². The molecule has 0 bridgehead atoms. The van der Waals surface area contributed by atoms with Crippen LogP contribution in [0.2, 0.25) is 0 Å². The van der Waals surface area contributed by atoms with Gasteiger partial charge in [-0.05, 0) is 42.5 Å². The van der Waals surface area contributed by atoms with Crippen LogP contribution in [0.1, 0.15) is 0 Å². The van der Waals surface area contributed by atoms with Gasteiger partial charge in [0.05, 0.1) is 27.8 Å². The van der Waals surface area contributed by atoms with E-state index in [1.807, 2.05) is 18.2 Å². The van der Waals surface area contributed by atoms with Crippen LogP contribution in [0.5, 0.6) is 0 Å². The fourth-order valence-electron chi connectivity index (χ4n) is 6.90. The highest BCUT2D eigenvalue weighted by molar-refractivity contribution is 7.25. The number of furan rings is 1. The van der Waals surface area contributed by atoms with Crippen molar-refractivity contribution >= 4 is 75.4 Å². The average molecular weight is 594 g/mol. The normalized spacial score (nSPS) is 12.0. The molecule has 4 nitrogen and oxygen atoms in total. The smallest absolute Gasteiger partial charge is 0.163 e. The Balaban J connectivity index is 1.30. The van der Waals surface area contributed by atoms with E-state index in [4.69, 9.17) is 14.4 Å². The van der Waals surface area contributed by atoms with Gasteiger partial charge >= 0.3 is 0 Å². The highest BCUT2D eigenvalue weighted by Gasteiger charge is 2.22. The van der Waals surface area contributed by atoms with Crippen molar-refractivity contribution in [2.45, 2.75) is 0 Å². The Morgan fingerprint density at radius 3 is 2.18 bits per heavy atom. The molecular weight excluding hydrogens is 571 g/mol. The van der Waals surface area contributed by atoms with Gasteiger partial charge in [-0.1, -0.05) is 97.1 Å². The first-order valence-corrected chi connectivity index (χ1v) is 15.8. The molecule has 0 spiro atoms. The van der Waals surface area contributed by atoms with Crippen molar-refractivity contribution < 1.29 is 4.42 Å². The molecule has 0 aliphatic heterocycles. The molecule has 0 unspecified atom stereocenters.